The maximum absolute atomic E-state index is 12.8. The van der Waals surface area contributed by atoms with Crippen LogP contribution in [0.1, 0.15) is 49.9 Å². The molecule has 0 spiro atoms. The number of carbonyl (C=O) groups is 2. The van der Waals surface area contributed by atoms with Crippen LogP contribution in [0.5, 0.6) is 0 Å². The van der Waals surface area contributed by atoms with Gasteiger partial charge in [-0.1, -0.05) is 53.7 Å². The Kier molecular flexibility index (Phi) is 6.68. The third-order valence-electron chi connectivity index (χ3n) is 5.56. The first-order valence-electron chi connectivity index (χ1n) is 11.4. The number of amides is 1. The molecule has 8 nitrogen and oxygen atoms in total. The van der Waals surface area contributed by atoms with Crippen LogP contribution in [0.3, 0.4) is 0 Å². The molecule has 1 aliphatic carbocycles. The fraction of sp³-hybridized carbons (Fsp3) is 0.385. The minimum absolute atomic E-state index is 0.0135. The van der Waals surface area contributed by atoms with Gasteiger partial charge in [0.25, 0.3) is 0 Å². The van der Waals surface area contributed by atoms with Crippen molar-refractivity contribution in [1.29, 1.82) is 0 Å². The summed E-state index contributed by atoms with van der Waals surface area (Å²) < 4.78 is 12.7. The van der Waals surface area contributed by atoms with Gasteiger partial charge in [-0.25, -0.2) is 4.79 Å². The number of nitrogens with one attached hydrogen (secondary N) is 1. The largest absolute Gasteiger partial charge is 0.460 e. The average Bonchev–Trinajstić information content (AvgIpc) is 3.31. The molecule has 1 amide bonds. The van der Waals surface area contributed by atoms with Gasteiger partial charge in [-0.2, -0.15) is 0 Å². The van der Waals surface area contributed by atoms with E-state index in [9.17, 15) is 9.59 Å². The number of benzene rings is 2. The van der Waals surface area contributed by atoms with Crippen LogP contribution in [0.2, 0.25) is 0 Å². The molecule has 0 bridgehead atoms. The Labute approximate surface area is 199 Å². The van der Waals surface area contributed by atoms with Gasteiger partial charge >= 0.3 is 12.1 Å². The van der Waals surface area contributed by atoms with Crippen LogP contribution in [0.15, 0.2) is 54.7 Å². The summed E-state index contributed by atoms with van der Waals surface area (Å²) in [6, 6.07) is 15.8. The molecule has 0 fully saturated rings. The smallest absolute Gasteiger partial charge is 0.407 e. The van der Waals surface area contributed by atoms with Crippen molar-refractivity contribution >= 4 is 12.1 Å². The van der Waals surface area contributed by atoms with Gasteiger partial charge in [0.1, 0.15) is 12.2 Å². The summed E-state index contributed by atoms with van der Waals surface area (Å²) in [5.74, 6) is -0.450. The third-order valence-corrected chi connectivity index (χ3v) is 5.56. The quantitative estimate of drug-likeness (QED) is 0.528. The zero-order valence-electron chi connectivity index (χ0n) is 19.9. The first kappa shape index (κ1) is 23.5. The van der Waals surface area contributed by atoms with Gasteiger partial charge in [0.15, 0.2) is 0 Å². The molecular weight excluding hydrogens is 432 g/mol. The lowest BCUT2D eigenvalue weighted by Crippen LogP contribution is -2.41. The summed E-state index contributed by atoms with van der Waals surface area (Å²) in [7, 11) is 0. The molecule has 1 heterocycles. The predicted molar refractivity (Wildman–Crippen MR) is 127 cm³/mol. The molecule has 0 unspecified atom stereocenters. The lowest BCUT2D eigenvalue weighted by atomic mass is 9.98. The van der Waals surface area contributed by atoms with Gasteiger partial charge in [0.05, 0.1) is 24.7 Å². The van der Waals surface area contributed by atoms with Crippen LogP contribution >= 0.6 is 0 Å². The molecule has 0 aliphatic heterocycles. The number of fused-ring (bicyclic) bond motifs is 3. The van der Waals surface area contributed by atoms with Crippen LogP contribution < -0.4 is 5.32 Å². The number of hydrogen-bond donors (Lipinski definition) is 1. The monoisotopic (exact) mass is 462 g/mol. The third kappa shape index (κ3) is 5.62. The van der Waals surface area contributed by atoms with E-state index < -0.39 is 23.7 Å². The standard InChI is InChI=1S/C26H30N4O4/c1-17-14-30(29-28-17)15-18(13-24(31)34-26(2,3)4)27-25(32)33-16-23-21-11-7-5-9-19(21)20-10-6-8-12-22(20)23/h5-12,14,18,23H,13,15-16H2,1-4H3,(H,27,32)/t18-/m0/s1. The second-order valence-corrected chi connectivity index (χ2v) is 9.54. The second-order valence-electron chi connectivity index (χ2n) is 9.54. The van der Waals surface area contributed by atoms with Gasteiger partial charge in [0, 0.05) is 12.1 Å². The number of aryl methyl sites for hydroxylation is 1. The number of alkyl carbamates (subject to hydrolysis) is 1. The Bertz CT molecular complexity index is 1140. The maximum atomic E-state index is 12.8. The molecular formula is C26H30N4O4. The van der Waals surface area contributed by atoms with Gasteiger partial charge in [-0.3, -0.25) is 9.48 Å². The molecule has 1 aromatic heterocycles. The van der Waals surface area contributed by atoms with Gasteiger partial charge < -0.3 is 14.8 Å². The van der Waals surface area contributed by atoms with Crippen molar-refractivity contribution in [2.75, 3.05) is 6.61 Å². The molecule has 0 radical (unpaired) electrons. The number of ether oxygens (including phenoxy) is 2. The summed E-state index contributed by atoms with van der Waals surface area (Å²) in [6.07, 6.45) is 1.15. The molecule has 1 aliphatic rings. The highest BCUT2D eigenvalue weighted by Crippen LogP contribution is 2.44. The van der Waals surface area contributed by atoms with E-state index in [0.29, 0.717) is 0 Å². The Morgan fingerprint density at radius 1 is 1.06 bits per heavy atom. The average molecular weight is 463 g/mol. The molecule has 8 heteroatoms. The van der Waals surface area contributed by atoms with Crippen LogP contribution in [-0.2, 0) is 20.8 Å². The highest BCUT2D eigenvalue weighted by atomic mass is 16.6. The highest BCUT2D eigenvalue weighted by molar-refractivity contribution is 5.79. The number of nitrogens with zero attached hydrogens (tertiary/aromatic N) is 3. The minimum Gasteiger partial charge on any atom is -0.460 e. The second kappa shape index (κ2) is 9.67. The Hall–Kier alpha value is -3.68. The van der Waals surface area contributed by atoms with Crippen LogP contribution in [0, 0.1) is 6.92 Å². The fourth-order valence-electron chi connectivity index (χ4n) is 4.26. The molecule has 2 aromatic carbocycles. The zero-order valence-corrected chi connectivity index (χ0v) is 19.9. The van der Waals surface area contributed by atoms with Gasteiger partial charge in [0.2, 0.25) is 0 Å². The van der Waals surface area contributed by atoms with Gasteiger partial charge in [-0.15, -0.1) is 5.10 Å². The van der Waals surface area contributed by atoms with Crippen LogP contribution in [0.25, 0.3) is 11.1 Å². The molecule has 34 heavy (non-hydrogen) atoms. The van der Waals surface area contributed by atoms with Crippen molar-refractivity contribution in [2.24, 2.45) is 0 Å². The first-order valence-corrected chi connectivity index (χ1v) is 11.4. The first-order chi connectivity index (χ1) is 16.2. The molecule has 4 rings (SSSR count). The topological polar surface area (TPSA) is 95.3 Å². The van der Waals surface area contributed by atoms with E-state index in [0.717, 1.165) is 27.9 Å². The number of hydrogen-bond acceptors (Lipinski definition) is 6. The zero-order chi connectivity index (χ0) is 24.3. The van der Waals surface area contributed by atoms with E-state index in [1.165, 1.54) is 0 Å². The number of esters is 1. The number of carbonyl (C=O) groups excluding carboxylic acids is 2. The van der Waals surface area contributed by atoms with Gasteiger partial charge in [-0.05, 0) is 49.9 Å². The molecule has 0 saturated carbocycles. The van der Waals surface area contributed by atoms with Crippen LogP contribution in [-0.4, -0.2) is 45.3 Å². The summed E-state index contributed by atoms with van der Waals surface area (Å²) in [5.41, 5.74) is 4.74. The van der Waals surface area contributed by atoms with Crippen molar-refractivity contribution in [3.63, 3.8) is 0 Å². The molecule has 0 saturated heterocycles. The van der Waals surface area contributed by atoms with Crippen molar-refractivity contribution in [3.05, 3.63) is 71.5 Å². The van der Waals surface area contributed by atoms with E-state index in [4.69, 9.17) is 9.47 Å². The number of rotatable bonds is 7. The highest BCUT2D eigenvalue weighted by Gasteiger charge is 2.29. The molecule has 178 valence electrons. The summed E-state index contributed by atoms with van der Waals surface area (Å²) >= 11 is 0. The summed E-state index contributed by atoms with van der Waals surface area (Å²) in [6.45, 7) is 7.70. The Morgan fingerprint density at radius 3 is 2.24 bits per heavy atom. The van der Waals surface area contributed by atoms with Crippen molar-refractivity contribution in [1.82, 2.24) is 20.3 Å². The Morgan fingerprint density at radius 2 is 1.68 bits per heavy atom. The predicted octanol–water partition coefficient (Wildman–Crippen LogP) is 4.23. The van der Waals surface area contributed by atoms with Crippen molar-refractivity contribution in [2.45, 2.75) is 58.2 Å². The minimum atomic E-state index is -0.616. The summed E-state index contributed by atoms with van der Waals surface area (Å²) in [5, 5.41) is 10.8. The lowest BCUT2D eigenvalue weighted by Gasteiger charge is -2.23. The van der Waals surface area contributed by atoms with Crippen LogP contribution in [0.4, 0.5) is 4.79 Å². The van der Waals surface area contributed by atoms with Crippen molar-refractivity contribution < 1.29 is 19.1 Å². The maximum Gasteiger partial charge on any atom is 0.407 e. The van der Waals surface area contributed by atoms with E-state index in [-0.39, 0.29) is 25.5 Å². The molecule has 1 atom stereocenters. The van der Waals surface area contributed by atoms with E-state index in [2.05, 4.69) is 39.9 Å². The molecule has 3 aromatic rings. The SMILES string of the molecule is Cc1cn(C[C@H](CC(=O)OC(C)(C)C)NC(=O)OCC2c3ccccc3-c3ccccc32)nn1. The normalized spacial score (nSPS) is 13.6. The Balaban J connectivity index is 1.43. The van der Waals surface area contributed by atoms with E-state index in [1.54, 1.807) is 31.6 Å². The van der Waals surface area contributed by atoms with Crippen molar-refractivity contribution in [3.8, 4) is 11.1 Å². The number of aromatic nitrogens is 3. The van der Waals surface area contributed by atoms with E-state index in [1.807, 2.05) is 31.2 Å². The molecule has 1 N–H and O–H groups in total. The summed E-state index contributed by atoms with van der Waals surface area (Å²) in [4.78, 5) is 25.2. The fourth-order valence-corrected chi connectivity index (χ4v) is 4.26. The lowest BCUT2D eigenvalue weighted by molar-refractivity contribution is -0.155. The van der Waals surface area contributed by atoms with E-state index >= 15 is 0 Å².